The van der Waals surface area contributed by atoms with E-state index in [0.29, 0.717) is 17.2 Å². The molecule has 0 spiro atoms. The predicted molar refractivity (Wildman–Crippen MR) is 79.4 cm³/mol. The molecule has 1 heterocycles. The molecular formula is C14H17N3O2S. The number of amides is 1. The zero-order valence-corrected chi connectivity index (χ0v) is 11.8. The number of benzene rings is 1. The summed E-state index contributed by atoms with van der Waals surface area (Å²) < 4.78 is 0. The van der Waals surface area contributed by atoms with E-state index >= 15 is 0 Å². The van der Waals surface area contributed by atoms with Gasteiger partial charge in [-0.25, -0.2) is 4.98 Å². The highest BCUT2D eigenvalue weighted by molar-refractivity contribution is 7.13. The molecule has 5 nitrogen and oxygen atoms in total. The maximum Gasteiger partial charge on any atom is 0.226 e. The van der Waals surface area contributed by atoms with Crippen LogP contribution in [0.3, 0.4) is 0 Å². The summed E-state index contributed by atoms with van der Waals surface area (Å²) in [6.07, 6.45) is 0.779. The zero-order chi connectivity index (χ0) is 14.4. The number of anilines is 1. The number of nitrogens with zero attached hydrogens (tertiary/aromatic N) is 1. The third-order valence-electron chi connectivity index (χ3n) is 2.82. The highest BCUT2D eigenvalue weighted by Crippen LogP contribution is 2.11. The summed E-state index contributed by atoms with van der Waals surface area (Å²) >= 11 is 1.31. The van der Waals surface area contributed by atoms with Crippen molar-refractivity contribution in [3.05, 3.63) is 47.0 Å². The number of aliphatic hydroxyl groups excluding tert-OH is 1. The second kappa shape index (κ2) is 7.02. The van der Waals surface area contributed by atoms with Crippen LogP contribution < -0.4 is 11.1 Å². The molecule has 20 heavy (non-hydrogen) atoms. The van der Waals surface area contributed by atoms with Gasteiger partial charge in [0.25, 0.3) is 0 Å². The molecule has 1 atom stereocenters. The van der Waals surface area contributed by atoms with Crippen LogP contribution in [0.4, 0.5) is 5.13 Å². The number of aliphatic hydroxyl groups is 1. The van der Waals surface area contributed by atoms with Crippen LogP contribution in [-0.4, -0.2) is 28.6 Å². The van der Waals surface area contributed by atoms with E-state index in [-0.39, 0.29) is 25.0 Å². The minimum atomic E-state index is -0.291. The number of nitrogens with one attached hydrogen (secondary N) is 1. The zero-order valence-electron chi connectivity index (χ0n) is 11.0. The molecule has 4 N–H and O–H groups in total. The Labute approximate surface area is 121 Å². The number of carbonyl (C=O) groups excluding carboxylic acids is 1. The van der Waals surface area contributed by atoms with Gasteiger partial charge in [0.15, 0.2) is 5.13 Å². The Morgan fingerprint density at radius 2 is 2.15 bits per heavy atom. The van der Waals surface area contributed by atoms with Gasteiger partial charge in [0.1, 0.15) is 0 Å². The van der Waals surface area contributed by atoms with Crippen molar-refractivity contribution >= 4 is 22.4 Å². The minimum Gasteiger partial charge on any atom is -0.394 e. The fraction of sp³-hybridized carbons (Fsp3) is 0.286. The highest BCUT2D eigenvalue weighted by atomic mass is 32.1. The van der Waals surface area contributed by atoms with E-state index in [1.807, 2.05) is 30.3 Å². The number of hydrogen-bond acceptors (Lipinski definition) is 5. The van der Waals surface area contributed by atoms with Crippen LogP contribution in [0, 0.1) is 0 Å². The molecule has 1 aromatic carbocycles. The standard InChI is InChI=1S/C14H17N3O2S/c15-14-17-12(9-20-14)7-13(19)16-11(8-18)6-10-4-2-1-3-5-10/h1-5,9,11,18H,6-8H2,(H2,15,17)(H,16,19). The molecule has 1 unspecified atom stereocenters. The van der Waals surface area contributed by atoms with Gasteiger partial charge >= 0.3 is 0 Å². The van der Waals surface area contributed by atoms with Crippen LogP contribution in [-0.2, 0) is 17.6 Å². The smallest absolute Gasteiger partial charge is 0.226 e. The van der Waals surface area contributed by atoms with Crippen molar-refractivity contribution in [2.75, 3.05) is 12.3 Å². The number of carbonyl (C=O) groups is 1. The SMILES string of the molecule is Nc1nc(CC(=O)NC(CO)Cc2ccccc2)cs1. The number of rotatable bonds is 6. The van der Waals surface area contributed by atoms with Crippen molar-refractivity contribution in [2.45, 2.75) is 18.9 Å². The van der Waals surface area contributed by atoms with Gasteiger partial charge in [-0.2, -0.15) is 0 Å². The van der Waals surface area contributed by atoms with Crippen LogP contribution in [0.1, 0.15) is 11.3 Å². The Balaban J connectivity index is 1.88. The van der Waals surface area contributed by atoms with Crippen molar-refractivity contribution in [1.82, 2.24) is 10.3 Å². The Kier molecular flexibility index (Phi) is 5.09. The first kappa shape index (κ1) is 14.5. The molecule has 0 aliphatic rings. The van der Waals surface area contributed by atoms with Gasteiger partial charge in [-0.05, 0) is 12.0 Å². The van der Waals surface area contributed by atoms with Gasteiger partial charge in [0.2, 0.25) is 5.91 Å². The lowest BCUT2D eigenvalue weighted by molar-refractivity contribution is -0.121. The first-order valence-electron chi connectivity index (χ1n) is 6.31. The van der Waals surface area contributed by atoms with Gasteiger partial charge < -0.3 is 16.2 Å². The molecule has 1 aromatic heterocycles. The van der Waals surface area contributed by atoms with E-state index in [1.165, 1.54) is 11.3 Å². The summed E-state index contributed by atoms with van der Waals surface area (Å²) in [5.41, 5.74) is 7.25. The van der Waals surface area contributed by atoms with Crippen molar-refractivity contribution in [1.29, 1.82) is 0 Å². The lowest BCUT2D eigenvalue weighted by Gasteiger charge is -2.16. The number of nitrogens with two attached hydrogens (primary N) is 1. The van der Waals surface area contributed by atoms with E-state index < -0.39 is 0 Å². The quantitative estimate of drug-likeness (QED) is 0.740. The molecule has 6 heteroatoms. The highest BCUT2D eigenvalue weighted by Gasteiger charge is 2.13. The van der Waals surface area contributed by atoms with Gasteiger partial charge in [-0.15, -0.1) is 11.3 Å². The fourth-order valence-electron chi connectivity index (χ4n) is 1.91. The molecule has 2 rings (SSSR count). The van der Waals surface area contributed by atoms with Crippen LogP contribution in [0.15, 0.2) is 35.7 Å². The van der Waals surface area contributed by atoms with Crippen molar-refractivity contribution < 1.29 is 9.90 Å². The molecule has 0 saturated heterocycles. The molecular weight excluding hydrogens is 274 g/mol. The summed E-state index contributed by atoms with van der Waals surface area (Å²) in [6, 6.07) is 9.45. The average Bonchev–Trinajstić information content (AvgIpc) is 2.84. The first-order valence-corrected chi connectivity index (χ1v) is 7.19. The monoisotopic (exact) mass is 291 g/mol. The molecule has 0 bridgehead atoms. The predicted octanol–water partition coefficient (Wildman–Crippen LogP) is 0.988. The van der Waals surface area contributed by atoms with Gasteiger partial charge in [0.05, 0.1) is 24.8 Å². The first-order chi connectivity index (χ1) is 9.67. The Morgan fingerprint density at radius 3 is 2.75 bits per heavy atom. The summed E-state index contributed by atoms with van der Waals surface area (Å²) in [4.78, 5) is 15.9. The van der Waals surface area contributed by atoms with E-state index in [9.17, 15) is 9.90 Å². The van der Waals surface area contributed by atoms with E-state index in [1.54, 1.807) is 5.38 Å². The third kappa shape index (κ3) is 4.32. The molecule has 0 fully saturated rings. The summed E-state index contributed by atoms with van der Waals surface area (Å²) in [7, 11) is 0. The van der Waals surface area contributed by atoms with E-state index in [2.05, 4.69) is 10.3 Å². The topological polar surface area (TPSA) is 88.2 Å². The number of nitrogen functional groups attached to an aromatic ring is 1. The van der Waals surface area contributed by atoms with E-state index in [0.717, 1.165) is 5.56 Å². The van der Waals surface area contributed by atoms with Crippen LogP contribution >= 0.6 is 11.3 Å². The molecule has 1 amide bonds. The molecule has 0 aliphatic carbocycles. The normalized spacial score (nSPS) is 12.1. The van der Waals surface area contributed by atoms with Crippen LogP contribution in [0.5, 0.6) is 0 Å². The summed E-state index contributed by atoms with van der Waals surface area (Å²) in [6.45, 7) is -0.0974. The molecule has 0 aliphatic heterocycles. The molecule has 106 valence electrons. The number of hydrogen-bond donors (Lipinski definition) is 3. The molecule has 0 saturated carbocycles. The summed E-state index contributed by atoms with van der Waals surface area (Å²) in [5, 5.41) is 14.4. The second-order valence-electron chi connectivity index (χ2n) is 4.49. The maximum atomic E-state index is 11.9. The largest absolute Gasteiger partial charge is 0.394 e. The lowest BCUT2D eigenvalue weighted by Crippen LogP contribution is -2.39. The maximum absolute atomic E-state index is 11.9. The Hall–Kier alpha value is -1.92. The Morgan fingerprint density at radius 1 is 1.40 bits per heavy atom. The van der Waals surface area contributed by atoms with Crippen LogP contribution in [0.25, 0.3) is 0 Å². The lowest BCUT2D eigenvalue weighted by atomic mass is 10.1. The summed E-state index contributed by atoms with van der Waals surface area (Å²) in [5.74, 6) is -0.162. The van der Waals surface area contributed by atoms with Gasteiger partial charge in [-0.1, -0.05) is 30.3 Å². The second-order valence-corrected chi connectivity index (χ2v) is 5.38. The van der Waals surface area contributed by atoms with Crippen molar-refractivity contribution in [2.24, 2.45) is 0 Å². The number of thiazole rings is 1. The molecule has 0 radical (unpaired) electrons. The van der Waals surface area contributed by atoms with Crippen LogP contribution in [0.2, 0.25) is 0 Å². The fourth-order valence-corrected chi connectivity index (χ4v) is 2.47. The van der Waals surface area contributed by atoms with Crippen molar-refractivity contribution in [3.8, 4) is 0 Å². The molecule has 2 aromatic rings. The third-order valence-corrected chi connectivity index (χ3v) is 3.54. The van der Waals surface area contributed by atoms with Crippen molar-refractivity contribution in [3.63, 3.8) is 0 Å². The Bertz CT molecular complexity index is 557. The number of aromatic nitrogens is 1. The average molecular weight is 291 g/mol. The van der Waals surface area contributed by atoms with Gasteiger partial charge in [0, 0.05) is 5.38 Å². The van der Waals surface area contributed by atoms with Gasteiger partial charge in [-0.3, -0.25) is 4.79 Å². The minimum absolute atomic E-state index is 0.0974. The van der Waals surface area contributed by atoms with E-state index in [4.69, 9.17) is 5.73 Å².